The lowest BCUT2D eigenvalue weighted by atomic mass is 10.1. The standard InChI is InChI=1S/C11H8FNO3/c1-16-9-4-7(11(14)15)2-6-3-8(12)5-13-10(6)9/h2-5H,1H3,(H,14,15). The summed E-state index contributed by atoms with van der Waals surface area (Å²) in [5, 5.41) is 9.26. The van der Waals surface area contributed by atoms with E-state index in [0.717, 1.165) is 6.20 Å². The summed E-state index contributed by atoms with van der Waals surface area (Å²) < 4.78 is 18.0. The maximum atomic E-state index is 13.0. The third kappa shape index (κ3) is 1.67. The van der Waals surface area contributed by atoms with Crippen molar-refractivity contribution in [2.24, 2.45) is 0 Å². The molecule has 0 amide bonds. The monoisotopic (exact) mass is 221 g/mol. The third-order valence-electron chi connectivity index (χ3n) is 2.18. The van der Waals surface area contributed by atoms with E-state index < -0.39 is 11.8 Å². The topological polar surface area (TPSA) is 59.4 Å². The zero-order valence-corrected chi connectivity index (χ0v) is 8.40. The summed E-state index contributed by atoms with van der Waals surface area (Å²) in [6.07, 6.45) is 1.06. The van der Waals surface area contributed by atoms with Crippen LogP contribution in [-0.4, -0.2) is 23.2 Å². The largest absolute Gasteiger partial charge is 0.494 e. The van der Waals surface area contributed by atoms with Gasteiger partial charge in [-0.05, 0) is 18.2 Å². The van der Waals surface area contributed by atoms with Gasteiger partial charge in [0.2, 0.25) is 0 Å². The quantitative estimate of drug-likeness (QED) is 0.843. The molecule has 0 bridgehead atoms. The van der Waals surface area contributed by atoms with Crippen molar-refractivity contribution in [3.8, 4) is 5.75 Å². The zero-order chi connectivity index (χ0) is 11.7. The van der Waals surface area contributed by atoms with Crippen LogP contribution >= 0.6 is 0 Å². The Bertz CT molecular complexity index is 568. The normalized spacial score (nSPS) is 10.4. The number of halogens is 1. The number of benzene rings is 1. The molecule has 0 atom stereocenters. The number of methoxy groups -OCH3 is 1. The highest BCUT2D eigenvalue weighted by molar-refractivity contribution is 5.96. The van der Waals surface area contributed by atoms with Crippen LogP contribution in [0.1, 0.15) is 10.4 Å². The van der Waals surface area contributed by atoms with Crippen LogP contribution in [0.15, 0.2) is 24.4 Å². The Morgan fingerprint density at radius 1 is 1.44 bits per heavy atom. The number of rotatable bonds is 2. The summed E-state index contributed by atoms with van der Waals surface area (Å²) >= 11 is 0. The molecule has 0 radical (unpaired) electrons. The van der Waals surface area contributed by atoms with Gasteiger partial charge in [0, 0.05) is 5.39 Å². The van der Waals surface area contributed by atoms with E-state index >= 15 is 0 Å². The van der Waals surface area contributed by atoms with Crippen molar-refractivity contribution < 1.29 is 19.0 Å². The number of aromatic nitrogens is 1. The highest BCUT2D eigenvalue weighted by Crippen LogP contribution is 2.26. The summed E-state index contributed by atoms with van der Waals surface area (Å²) in [5.41, 5.74) is 0.477. The number of hydrogen-bond acceptors (Lipinski definition) is 3. The highest BCUT2D eigenvalue weighted by Gasteiger charge is 2.10. The molecule has 0 aliphatic carbocycles. The van der Waals surface area contributed by atoms with Gasteiger partial charge in [-0.25, -0.2) is 14.2 Å². The Labute approximate surface area is 90.3 Å². The smallest absolute Gasteiger partial charge is 0.335 e. The van der Waals surface area contributed by atoms with E-state index in [-0.39, 0.29) is 5.56 Å². The van der Waals surface area contributed by atoms with Gasteiger partial charge in [0.15, 0.2) is 0 Å². The minimum atomic E-state index is -1.09. The summed E-state index contributed by atoms with van der Waals surface area (Å²) in [5.74, 6) is -1.29. The SMILES string of the molecule is COc1cc(C(=O)O)cc2cc(F)cnc12. The number of carboxylic acid groups (broad SMARTS) is 1. The van der Waals surface area contributed by atoms with Crippen molar-refractivity contribution in [1.29, 1.82) is 0 Å². The Balaban J connectivity index is 2.78. The van der Waals surface area contributed by atoms with E-state index in [1.54, 1.807) is 0 Å². The minimum absolute atomic E-state index is 0.0387. The van der Waals surface area contributed by atoms with Crippen LogP contribution in [-0.2, 0) is 0 Å². The number of aromatic carboxylic acids is 1. The Kier molecular flexibility index (Phi) is 2.44. The van der Waals surface area contributed by atoms with Crippen LogP contribution < -0.4 is 4.74 Å². The molecule has 0 saturated carbocycles. The molecule has 1 heterocycles. The molecule has 0 aliphatic heterocycles. The molecule has 2 aromatic rings. The number of nitrogens with zero attached hydrogens (tertiary/aromatic N) is 1. The molecule has 0 spiro atoms. The lowest BCUT2D eigenvalue weighted by molar-refractivity contribution is 0.0696. The average Bonchev–Trinajstić information content (AvgIpc) is 2.26. The molecule has 0 saturated heterocycles. The van der Waals surface area contributed by atoms with Gasteiger partial charge in [0.1, 0.15) is 17.1 Å². The van der Waals surface area contributed by atoms with Crippen molar-refractivity contribution >= 4 is 16.9 Å². The van der Waals surface area contributed by atoms with Gasteiger partial charge in [-0.1, -0.05) is 0 Å². The van der Waals surface area contributed by atoms with Gasteiger partial charge in [-0.2, -0.15) is 0 Å². The zero-order valence-electron chi connectivity index (χ0n) is 8.40. The fourth-order valence-corrected chi connectivity index (χ4v) is 1.47. The van der Waals surface area contributed by atoms with Gasteiger partial charge < -0.3 is 9.84 Å². The molecule has 0 aliphatic rings. The second-order valence-corrected chi connectivity index (χ2v) is 3.21. The van der Waals surface area contributed by atoms with E-state index in [0.29, 0.717) is 16.7 Å². The number of pyridine rings is 1. The molecule has 2 rings (SSSR count). The number of ether oxygens (including phenoxy) is 1. The second-order valence-electron chi connectivity index (χ2n) is 3.21. The minimum Gasteiger partial charge on any atom is -0.494 e. The summed E-state index contributed by atoms with van der Waals surface area (Å²) in [7, 11) is 1.41. The molecular formula is C11H8FNO3. The summed E-state index contributed by atoms with van der Waals surface area (Å²) in [4.78, 5) is 14.7. The van der Waals surface area contributed by atoms with Crippen molar-refractivity contribution in [1.82, 2.24) is 4.98 Å². The molecule has 0 fully saturated rings. The number of carboxylic acids is 1. The van der Waals surface area contributed by atoms with Crippen LogP contribution in [0.25, 0.3) is 10.9 Å². The van der Waals surface area contributed by atoms with E-state index in [9.17, 15) is 9.18 Å². The van der Waals surface area contributed by atoms with Gasteiger partial charge in [0.25, 0.3) is 0 Å². The number of hydrogen-bond donors (Lipinski definition) is 1. The Hall–Kier alpha value is -2.17. The lowest BCUT2D eigenvalue weighted by Crippen LogP contribution is -1.98. The molecular weight excluding hydrogens is 213 g/mol. The third-order valence-corrected chi connectivity index (χ3v) is 2.18. The molecule has 4 nitrogen and oxygen atoms in total. The van der Waals surface area contributed by atoms with E-state index in [2.05, 4.69) is 4.98 Å². The fraction of sp³-hybridized carbons (Fsp3) is 0.0909. The first-order valence-corrected chi connectivity index (χ1v) is 4.48. The molecule has 1 aromatic carbocycles. The van der Waals surface area contributed by atoms with Crippen LogP contribution in [0.4, 0.5) is 4.39 Å². The van der Waals surface area contributed by atoms with Crippen LogP contribution in [0.2, 0.25) is 0 Å². The van der Waals surface area contributed by atoms with Gasteiger partial charge in [-0.3, -0.25) is 0 Å². The average molecular weight is 221 g/mol. The first-order valence-electron chi connectivity index (χ1n) is 4.48. The summed E-state index contributed by atoms with van der Waals surface area (Å²) in [6.45, 7) is 0. The Morgan fingerprint density at radius 2 is 2.19 bits per heavy atom. The predicted octanol–water partition coefficient (Wildman–Crippen LogP) is 2.08. The van der Waals surface area contributed by atoms with Crippen LogP contribution in [0.5, 0.6) is 5.75 Å². The maximum absolute atomic E-state index is 13.0. The molecule has 1 N–H and O–H groups in total. The van der Waals surface area contributed by atoms with Crippen molar-refractivity contribution in [2.45, 2.75) is 0 Å². The van der Waals surface area contributed by atoms with E-state index in [1.807, 2.05) is 0 Å². The number of fused-ring (bicyclic) bond motifs is 1. The summed E-state index contributed by atoms with van der Waals surface area (Å²) in [6, 6.07) is 3.93. The van der Waals surface area contributed by atoms with Crippen LogP contribution in [0.3, 0.4) is 0 Å². The van der Waals surface area contributed by atoms with Crippen molar-refractivity contribution in [3.05, 3.63) is 35.8 Å². The predicted molar refractivity (Wildman–Crippen MR) is 55.2 cm³/mol. The maximum Gasteiger partial charge on any atom is 0.335 e. The lowest BCUT2D eigenvalue weighted by Gasteiger charge is -2.06. The number of carbonyl (C=O) groups is 1. The Morgan fingerprint density at radius 3 is 2.81 bits per heavy atom. The molecule has 82 valence electrons. The molecule has 0 unspecified atom stereocenters. The molecule has 16 heavy (non-hydrogen) atoms. The van der Waals surface area contributed by atoms with Gasteiger partial charge >= 0.3 is 5.97 Å². The van der Waals surface area contributed by atoms with Crippen molar-refractivity contribution in [2.75, 3.05) is 7.11 Å². The van der Waals surface area contributed by atoms with Gasteiger partial charge in [-0.15, -0.1) is 0 Å². The van der Waals surface area contributed by atoms with Crippen molar-refractivity contribution in [3.63, 3.8) is 0 Å². The highest BCUT2D eigenvalue weighted by atomic mass is 19.1. The molecule has 1 aromatic heterocycles. The van der Waals surface area contributed by atoms with E-state index in [1.165, 1.54) is 25.3 Å². The van der Waals surface area contributed by atoms with E-state index in [4.69, 9.17) is 9.84 Å². The van der Waals surface area contributed by atoms with Gasteiger partial charge in [0.05, 0.1) is 18.9 Å². The van der Waals surface area contributed by atoms with Crippen LogP contribution in [0, 0.1) is 5.82 Å². The fourth-order valence-electron chi connectivity index (χ4n) is 1.47. The first kappa shape index (κ1) is 10.4. The molecule has 5 heteroatoms. The first-order chi connectivity index (χ1) is 7.61. The second kappa shape index (κ2) is 3.77.